The fourth-order valence-electron chi connectivity index (χ4n) is 3.00. The van der Waals surface area contributed by atoms with Crippen LogP contribution >= 0.6 is 0 Å². The fourth-order valence-corrected chi connectivity index (χ4v) is 3.00. The summed E-state index contributed by atoms with van der Waals surface area (Å²) in [7, 11) is 0. The van der Waals surface area contributed by atoms with Crippen LogP contribution in [0.25, 0.3) is 0 Å². The maximum absolute atomic E-state index is 12.3. The molecule has 0 amide bonds. The molecule has 3 unspecified atom stereocenters. The van der Waals surface area contributed by atoms with E-state index in [0.717, 1.165) is 12.8 Å². The molecule has 0 saturated carbocycles. The van der Waals surface area contributed by atoms with Gasteiger partial charge in [0.15, 0.2) is 12.2 Å². The van der Waals surface area contributed by atoms with Gasteiger partial charge in [0.05, 0.1) is 0 Å². The third kappa shape index (κ3) is 8.39. The number of unbranched alkanes of at least 4 members (excludes halogenated alkanes) is 1. The highest BCUT2D eigenvalue weighted by Crippen LogP contribution is 2.28. The topological polar surface area (TPSA) is 116 Å². The van der Waals surface area contributed by atoms with Gasteiger partial charge in [-0.2, -0.15) is 0 Å². The van der Waals surface area contributed by atoms with Gasteiger partial charge in [-0.1, -0.05) is 32.8 Å². The van der Waals surface area contributed by atoms with Gasteiger partial charge in [0.2, 0.25) is 0 Å². The van der Waals surface area contributed by atoms with Gasteiger partial charge in [0.1, 0.15) is 6.10 Å². The Labute approximate surface area is 177 Å². The van der Waals surface area contributed by atoms with Crippen molar-refractivity contribution in [3.05, 3.63) is 23.3 Å². The molecular formula is C22H32O8. The maximum Gasteiger partial charge on any atom is 0.333 e. The maximum atomic E-state index is 12.3. The smallest absolute Gasteiger partial charge is 0.333 e. The SMILES string of the molecule is CC=C(C)C(=O)OC1C(OC(=O)CCCCC(C)C)C=C(C(=O)O)CC1OC(C)=O. The zero-order valence-corrected chi connectivity index (χ0v) is 18.3. The molecule has 0 aliphatic heterocycles. The molecule has 0 radical (unpaired) electrons. The molecule has 0 heterocycles. The highest BCUT2D eigenvalue weighted by molar-refractivity contribution is 5.89. The Kier molecular flexibility index (Phi) is 10.3. The summed E-state index contributed by atoms with van der Waals surface area (Å²) in [4.78, 5) is 47.6. The highest BCUT2D eigenvalue weighted by Gasteiger charge is 2.42. The van der Waals surface area contributed by atoms with E-state index in [4.69, 9.17) is 14.2 Å². The summed E-state index contributed by atoms with van der Waals surface area (Å²) >= 11 is 0. The van der Waals surface area contributed by atoms with Crippen LogP contribution in [0.3, 0.4) is 0 Å². The lowest BCUT2D eigenvalue weighted by Crippen LogP contribution is -2.48. The number of hydrogen-bond acceptors (Lipinski definition) is 7. The number of carbonyl (C=O) groups is 4. The molecule has 0 spiro atoms. The zero-order chi connectivity index (χ0) is 22.8. The monoisotopic (exact) mass is 424 g/mol. The first-order chi connectivity index (χ1) is 14.0. The van der Waals surface area contributed by atoms with Gasteiger partial charge in [0.25, 0.3) is 0 Å². The number of rotatable bonds is 10. The lowest BCUT2D eigenvalue weighted by Gasteiger charge is -2.34. The van der Waals surface area contributed by atoms with E-state index in [1.807, 2.05) is 0 Å². The van der Waals surface area contributed by atoms with E-state index in [-0.39, 0.29) is 18.4 Å². The minimum Gasteiger partial charge on any atom is -0.478 e. The number of ether oxygens (including phenoxy) is 3. The lowest BCUT2D eigenvalue weighted by molar-refractivity contribution is -0.180. The van der Waals surface area contributed by atoms with Gasteiger partial charge in [-0.05, 0) is 32.3 Å². The minimum absolute atomic E-state index is 0.0751. The second-order valence-electron chi connectivity index (χ2n) is 7.78. The molecule has 1 aliphatic carbocycles. The molecule has 1 aliphatic rings. The predicted octanol–water partition coefficient (Wildman–Crippen LogP) is 3.34. The number of hydrogen-bond donors (Lipinski definition) is 1. The lowest BCUT2D eigenvalue weighted by atomic mass is 9.91. The molecule has 8 nitrogen and oxygen atoms in total. The summed E-state index contributed by atoms with van der Waals surface area (Å²) in [5.41, 5.74) is 0.247. The third-order valence-corrected chi connectivity index (χ3v) is 4.75. The predicted molar refractivity (Wildman–Crippen MR) is 108 cm³/mol. The van der Waals surface area contributed by atoms with E-state index in [9.17, 15) is 24.3 Å². The van der Waals surface area contributed by atoms with Gasteiger partial charge in [0, 0.05) is 30.9 Å². The standard InChI is InChI=1S/C22H32O8/c1-6-14(4)22(27)30-20-17(28-15(5)23)11-16(21(25)26)12-18(20)29-19(24)10-8-7-9-13(2)3/h6,12-13,17-18,20H,7-11H2,1-5H3,(H,25,26). The van der Waals surface area contributed by atoms with Crippen LogP contribution < -0.4 is 0 Å². The molecule has 168 valence electrons. The van der Waals surface area contributed by atoms with Gasteiger partial charge in [-0.3, -0.25) is 9.59 Å². The van der Waals surface area contributed by atoms with Crippen molar-refractivity contribution in [2.75, 3.05) is 0 Å². The summed E-state index contributed by atoms with van der Waals surface area (Å²) in [5.74, 6) is -2.54. The van der Waals surface area contributed by atoms with E-state index in [0.29, 0.717) is 17.9 Å². The molecule has 0 bridgehead atoms. The average Bonchev–Trinajstić information content (AvgIpc) is 2.65. The van der Waals surface area contributed by atoms with Crippen LogP contribution in [-0.2, 0) is 33.4 Å². The number of allylic oxidation sites excluding steroid dienone is 1. The van der Waals surface area contributed by atoms with Crippen LogP contribution in [0.4, 0.5) is 0 Å². The number of esters is 3. The van der Waals surface area contributed by atoms with Crippen LogP contribution in [0.2, 0.25) is 0 Å². The second kappa shape index (κ2) is 12.1. The Morgan fingerprint density at radius 2 is 1.80 bits per heavy atom. The van der Waals surface area contributed by atoms with Crippen LogP contribution in [0, 0.1) is 5.92 Å². The van der Waals surface area contributed by atoms with Gasteiger partial charge < -0.3 is 19.3 Å². The normalized spacial score (nSPS) is 21.6. The van der Waals surface area contributed by atoms with E-state index < -0.39 is 42.2 Å². The van der Waals surface area contributed by atoms with Crippen molar-refractivity contribution >= 4 is 23.9 Å². The van der Waals surface area contributed by atoms with E-state index >= 15 is 0 Å². The molecule has 1 rings (SSSR count). The first kappa shape index (κ1) is 25.4. The summed E-state index contributed by atoms with van der Waals surface area (Å²) in [6, 6.07) is 0. The number of carboxylic acid groups (broad SMARTS) is 1. The number of aliphatic carboxylic acids is 1. The summed E-state index contributed by atoms with van der Waals surface area (Å²) in [6.45, 7) is 8.59. The molecule has 0 aromatic heterocycles. The Hall–Kier alpha value is -2.64. The first-order valence-corrected chi connectivity index (χ1v) is 10.2. The summed E-state index contributed by atoms with van der Waals surface area (Å²) < 4.78 is 16.1. The fraction of sp³-hybridized carbons (Fsp3) is 0.636. The van der Waals surface area contributed by atoms with Crippen molar-refractivity contribution < 1.29 is 38.5 Å². The van der Waals surface area contributed by atoms with Gasteiger partial charge in [-0.15, -0.1) is 0 Å². The molecule has 8 heteroatoms. The molecule has 1 N–H and O–H groups in total. The Morgan fingerprint density at radius 1 is 1.13 bits per heavy atom. The van der Waals surface area contributed by atoms with Crippen molar-refractivity contribution in [3.63, 3.8) is 0 Å². The van der Waals surface area contributed by atoms with Crippen molar-refractivity contribution in [2.24, 2.45) is 5.92 Å². The average molecular weight is 424 g/mol. The van der Waals surface area contributed by atoms with E-state index in [1.165, 1.54) is 13.0 Å². The molecule has 0 aromatic carbocycles. The van der Waals surface area contributed by atoms with Crippen LogP contribution in [0.1, 0.15) is 66.7 Å². The highest BCUT2D eigenvalue weighted by atomic mass is 16.6. The minimum atomic E-state index is -1.22. The van der Waals surface area contributed by atoms with Crippen molar-refractivity contribution in [2.45, 2.75) is 85.0 Å². The van der Waals surface area contributed by atoms with Crippen molar-refractivity contribution in [3.8, 4) is 0 Å². The second-order valence-corrected chi connectivity index (χ2v) is 7.78. The Balaban J connectivity index is 3.03. The van der Waals surface area contributed by atoms with Crippen molar-refractivity contribution in [1.29, 1.82) is 0 Å². The quantitative estimate of drug-likeness (QED) is 0.246. The summed E-state index contributed by atoms with van der Waals surface area (Å²) in [6.07, 6.45) is 1.90. The largest absolute Gasteiger partial charge is 0.478 e. The number of carbonyl (C=O) groups excluding carboxylic acids is 3. The van der Waals surface area contributed by atoms with Crippen LogP contribution in [0.5, 0.6) is 0 Å². The van der Waals surface area contributed by atoms with Gasteiger partial charge in [-0.25, -0.2) is 9.59 Å². The number of carboxylic acids is 1. The zero-order valence-electron chi connectivity index (χ0n) is 18.3. The van der Waals surface area contributed by atoms with Crippen LogP contribution in [-0.4, -0.2) is 47.3 Å². The first-order valence-electron chi connectivity index (χ1n) is 10.2. The molecule has 30 heavy (non-hydrogen) atoms. The third-order valence-electron chi connectivity index (χ3n) is 4.75. The van der Waals surface area contributed by atoms with Crippen molar-refractivity contribution in [1.82, 2.24) is 0 Å². The van der Waals surface area contributed by atoms with E-state index in [2.05, 4.69) is 13.8 Å². The molecule has 0 fully saturated rings. The molecular weight excluding hydrogens is 392 g/mol. The van der Waals surface area contributed by atoms with Crippen LogP contribution in [0.15, 0.2) is 23.3 Å². The summed E-state index contributed by atoms with van der Waals surface area (Å²) in [5, 5.41) is 9.40. The molecule has 0 aromatic rings. The molecule has 3 atom stereocenters. The Morgan fingerprint density at radius 3 is 2.33 bits per heavy atom. The molecule has 0 saturated heterocycles. The Bertz CT molecular complexity index is 704. The van der Waals surface area contributed by atoms with E-state index in [1.54, 1.807) is 19.9 Å². The van der Waals surface area contributed by atoms with Gasteiger partial charge >= 0.3 is 23.9 Å².